The van der Waals surface area contributed by atoms with Crippen LogP contribution in [0.2, 0.25) is 5.02 Å². The number of carbonyl (C=O) groups excluding carboxylic acids is 1. The molecule has 1 rings (SSSR count). The highest BCUT2D eigenvalue weighted by Crippen LogP contribution is 2.32. The van der Waals surface area contributed by atoms with Crippen LogP contribution in [0.15, 0.2) is 11.0 Å². The van der Waals surface area contributed by atoms with Crippen LogP contribution in [0, 0.1) is 11.6 Å². The summed E-state index contributed by atoms with van der Waals surface area (Å²) in [5, 5.41) is 9.68. The lowest BCUT2D eigenvalue weighted by molar-refractivity contribution is -0.136. The van der Waals surface area contributed by atoms with E-state index in [9.17, 15) is 26.8 Å². The first-order valence-electron chi connectivity index (χ1n) is 5.72. The maximum absolute atomic E-state index is 14.0. The van der Waals surface area contributed by atoms with E-state index in [-0.39, 0.29) is 0 Å². The second kappa shape index (κ2) is 6.99. The number of benzene rings is 1. The Labute approximate surface area is 129 Å². The smallest absolute Gasteiger partial charge is 0.304 e. The third-order valence-corrected chi connectivity index (χ3v) is 4.19. The van der Waals surface area contributed by atoms with Crippen molar-refractivity contribution in [1.82, 2.24) is 4.72 Å². The monoisotopic (exact) mass is 356 g/mol. The number of hydrogen-bond donors (Lipinski definition) is 3. The summed E-state index contributed by atoms with van der Waals surface area (Å²) in [5.74, 6) is -5.01. The van der Waals surface area contributed by atoms with E-state index in [2.05, 4.69) is 0 Å². The average Bonchev–Trinajstić information content (AvgIpc) is 2.33. The Kier molecular flexibility index (Phi) is 5.80. The molecule has 3 N–H and O–H groups in total. The molecule has 22 heavy (non-hydrogen) atoms. The van der Waals surface area contributed by atoms with Crippen molar-refractivity contribution in [2.24, 2.45) is 0 Å². The number of aliphatic carboxylic acids is 1. The molecule has 0 spiro atoms. The van der Waals surface area contributed by atoms with Crippen molar-refractivity contribution in [2.45, 2.75) is 18.2 Å². The second-order valence-electron chi connectivity index (χ2n) is 4.09. The number of hydrogen-bond acceptors (Lipinski definition) is 4. The molecule has 1 aromatic carbocycles. The van der Waals surface area contributed by atoms with Crippen LogP contribution in [0.3, 0.4) is 0 Å². The molecule has 1 amide bonds. The summed E-state index contributed by atoms with van der Waals surface area (Å²) in [6, 6.07) is 0.554. The highest BCUT2D eigenvalue weighted by molar-refractivity contribution is 7.89. The number of sulfonamides is 1. The Hall–Kier alpha value is -1.78. The summed E-state index contributed by atoms with van der Waals surface area (Å²) in [6.45, 7) is 0.520. The Morgan fingerprint density at radius 2 is 1.95 bits per heavy atom. The van der Waals surface area contributed by atoms with Crippen molar-refractivity contribution < 1.29 is 31.9 Å². The Morgan fingerprint density at radius 1 is 1.36 bits per heavy atom. The molecular formula is C11H11ClF2N2O5S. The zero-order chi connectivity index (χ0) is 17.1. The van der Waals surface area contributed by atoms with Gasteiger partial charge in [0.1, 0.15) is 10.8 Å². The molecule has 0 aromatic heterocycles. The number of anilines is 1. The van der Waals surface area contributed by atoms with Gasteiger partial charge in [0.05, 0.1) is 12.1 Å². The quantitative estimate of drug-likeness (QED) is 0.666. The van der Waals surface area contributed by atoms with Gasteiger partial charge in [-0.05, 0) is 0 Å². The van der Waals surface area contributed by atoms with Gasteiger partial charge in [0.15, 0.2) is 10.7 Å². The number of rotatable bonds is 6. The van der Waals surface area contributed by atoms with Crippen molar-refractivity contribution >= 4 is 39.2 Å². The number of carboxylic acid groups (broad SMARTS) is 1. The maximum atomic E-state index is 14.0. The summed E-state index contributed by atoms with van der Waals surface area (Å²) in [5.41, 5.74) is -0.423. The van der Waals surface area contributed by atoms with Gasteiger partial charge in [0, 0.05) is 19.5 Å². The Balaban J connectivity index is 3.22. The van der Waals surface area contributed by atoms with Crippen LogP contribution in [0.1, 0.15) is 13.3 Å². The first-order valence-corrected chi connectivity index (χ1v) is 7.59. The van der Waals surface area contributed by atoms with E-state index >= 15 is 0 Å². The summed E-state index contributed by atoms with van der Waals surface area (Å²) in [6.07, 6.45) is -0.569. The number of carboxylic acids is 1. The second-order valence-corrected chi connectivity index (χ2v) is 6.17. The zero-order valence-electron chi connectivity index (χ0n) is 11.1. The lowest BCUT2D eigenvalue weighted by atomic mass is 10.3. The van der Waals surface area contributed by atoms with Gasteiger partial charge in [-0.2, -0.15) is 0 Å². The van der Waals surface area contributed by atoms with Gasteiger partial charge >= 0.3 is 5.97 Å². The zero-order valence-corrected chi connectivity index (χ0v) is 12.7. The molecule has 0 aliphatic heterocycles. The first kappa shape index (κ1) is 18.3. The van der Waals surface area contributed by atoms with Gasteiger partial charge < -0.3 is 10.4 Å². The van der Waals surface area contributed by atoms with E-state index < -0.39 is 62.1 Å². The normalized spacial score (nSPS) is 11.3. The molecule has 0 saturated carbocycles. The molecule has 0 atom stereocenters. The van der Waals surface area contributed by atoms with Crippen molar-refractivity contribution in [3.63, 3.8) is 0 Å². The minimum atomic E-state index is -4.65. The van der Waals surface area contributed by atoms with Crippen LogP contribution >= 0.6 is 11.6 Å². The maximum Gasteiger partial charge on any atom is 0.304 e. The fourth-order valence-corrected chi connectivity index (χ4v) is 2.89. The molecule has 0 fully saturated rings. The van der Waals surface area contributed by atoms with Crippen molar-refractivity contribution in [2.75, 3.05) is 11.9 Å². The molecule has 0 heterocycles. The van der Waals surface area contributed by atoms with Gasteiger partial charge in [-0.25, -0.2) is 21.9 Å². The minimum absolute atomic E-state index is 0.423. The highest BCUT2D eigenvalue weighted by Gasteiger charge is 2.28. The van der Waals surface area contributed by atoms with E-state index in [1.54, 1.807) is 4.72 Å². The molecule has 7 nitrogen and oxygen atoms in total. The van der Waals surface area contributed by atoms with Crippen LogP contribution in [0.4, 0.5) is 14.5 Å². The SMILES string of the molecule is CC(=O)Nc1cc(F)c(S(=O)(=O)NCCC(=O)O)c(F)c1Cl. The highest BCUT2D eigenvalue weighted by atomic mass is 35.5. The predicted octanol–water partition coefficient (Wildman–Crippen LogP) is 1.33. The van der Waals surface area contributed by atoms with Gasteiger partial charge in [-0.15, -0.1) is 0 Å². The first-order chi connectivity index (χ1) is 10.1. The van der Waals surface area contributed by atoms with Gasteiger partial charge in [-0.3, -0.25) is 9.59 Å². The fourth-order valence-electron chi connectivity index (χ4n) is 1.47. The summed E-state index contributed by atoms with van der Waals surface area (Å²) in [7, 11) is -4.65. The standard InChI is InChI=1S/C11H11ClF2N2O5S/c1-5(17)16-7-4-6(13)11(10(14)9(7)12)22(20,21)15-3-2-8(18)19/h4,15H,2-3H2,1H3,(H,16,17)(H,18,19). The molecule has 0 unspecified atom stereocenters. The van der Waals surface area contributed by atoms with Gasteiger partial charge in [0.25, 0.3) is 0 Å². The number of halogens is 3. The number of amides is 1. The van der Waals surface area contributed by atoms with E-state index in [1.807, 2.05) is 5.32 Å². The molecule has 1 aromatic rings. The fraction of sp³-hybridized carbons (Fsp3) is 0.273. The van der Waals surface area contributed by atoms with E-state index in [1.165, 1.54) is 0 Å². The lowest BCUT2D eigenvalue weighted by Crippen LogP contribution is -2.28. The van der Waals surface area contributed by atoms with E-state index in [0.717, 1.165) is 6.92 Å². The summed E-state index contributed by atoms with van der Waals surface area (Å²) >= 11 is 5.56. The van der Waals surface area contributed by atoms with Crippen molar-refractivity contribution in [3.05, 3.63) is 22.7 Å². The molecule has 0 aliphatic carbocycles. The molecule has 0 aliphatic rings. The molecule has 122 valence electrons. The van der Waals surface area contributed by atoms with Crippen LogP contribution < -0.4 is 10.0 Å². The molecule has 11 heteroatoms. The Bertz CT molecular complexity index is 724. The van der Waals surface area contributed by atoms with Crippen LogP contribution in [0.25, 0.3) is 0 Å². The topological polar surface area (TPSA) is 113 Å². The van der Waals surface area contributed by atoms with Crippen LogP contribution in [-0.4, -0.2) is 31.9 Å². The molecule has 0 bridgehead atoms. The van der Waals surface area contributed by atoms with Crippen molar-refractivity contribution in [1.29, 1.82) is 0 Å². The number of carbonyl (C=O) groups is 2. The lowest BCUT2D eigenvalue weighted by Gasteiger charge is -2.12. The van der Waals surface area contributed by atoms with Crippen LogP contribution in [-0.2, 0) is 19.6 Å². The summed E-state index contributed by atoms with van der Waals surface area (Å²) < 4.78 is 53.2. The average molecular weight is 357 g/mol. The minimum Gasteiger partial charge on any atom is -0.481 e. The van der Waals surface area contributed by atoms with E-state index in [4.69, 9.17) is 16.7 Å². The van der Waals surface area contributed by atoms with Gasteiger partial charge in [-0.1, -0.05) is 11.6 Å². The molecular weight excluding hydrogens is 346 g/mol. The molecule has 0 saturated heterocycles. The van der Waals surface area contributed by atoms with Gasteiger partial charge in [0.2, 0.25) is 15.9 Å². The summed E-state index contributed by atoms with van der Waals surface area (Å²) in [4.78, 5) is 19.8. The molecule has 0 radical (unpaired) electrons. The third-order valence-electron chi connectivity index (χ3n) is 2.33. The Morgan fingerprint density at radius 3 is 2.45 bits per heavy atom. The third kappa shape index (κ3) is 4.36. The largest absolute Gasteiger partial charge is 0.481 e. The van der Waals surface area contributed by atoms with E-state index in [0.29, 0.717) is 6.07 Å². The van der Waals surface area contributed by atoms with Crippen LogP contribution in [0.5, 0.6) is 0 Å². The van der Waals surface area contributed by atoms with Crippen molar-refractivity contribution in [3.8, 4) is 0 Å². The number of nitrogens with one attached hydrogen (secondary N) is 2. The predicted molar refractivity (Wildman–Crippen MR) is 73.1 cm³/mol.